The zero-order valence-corrected chi connectivity index (χ0v) is 14.6. The molecule has 0 bridgehead atoms. The summed E-state index contributed by atoms with van der Waals surface area (Å²) in [6.45, 7) is 5.38. The Morgan fingerprint density at radius 2 is 1.84 bits per heavy atom. The molecule has 1 amide bonds. The van der Waals surface area contributed by atoms with Gasteiger partial charge in [0.15, 0.2) is 0 Å². The molecule has 5 nitrogen and oxygen atoms in total. The van der Waals surface area contributed by atoms with Crippen molar-refractivity contribution >= 4 is 12.0 Å². The molecule has 2 saturated heterocycles. The SMILES string of the molecule is N#Cc1ccc(/C=C/C2CCN(C(=O)CN3CCOCC3)CC2)cc1. The van der Waals surface area contributed by atoms with Gasteiger partial charge in [0.25, 0.3) is 0 Å². The predicted octanol–water partition coefficient (Wildman–Crippen LogP) is 2.14. The number of nitrogens with zero attached hydrogens (tertiary/aromatic N) is 3. The van der Waals surface area contributed by atoms with Gasteiger partial charge in [0.2, 0.25) is 5.91 Å². The molecule has 1 aromatic rings. The van der Waals surface area contributed by atoms with Gasteiger partial charge in [-0.15, -0.1) is 0 Å². The van der Waals surface area contributed by atoms with Crippen LogP contribution in [0.3, 0.4) is 0 Å². The Kier molecular flexibility index (Phi) is 6.21. The van der Waals surface area contributed by atoms with E-state index in [1.807, 2.05) is 29.2 Å². The van der Waals surface area contributed by atoms with E-state index in [2.05, 4.69) is 23.1 Å². The number of likely N-dealkylation sites (tertiary alicyclic amines) is 1. The fourth-order valence-electron chi connectivity index (χ4n) is 3.31. The molecule has 2 fully saturated rings. The maximum Gasteiger partial charge on any atom is 0.236 e. The third kappa shape index (κ3) is 5.15. The molecule has 2 aliphatic rings. The van der Waals surface area contributed by atoms with E-state index in [-0.39, 0.29) is 5.91 Å². The van der Waals surface area contributed by atoms with E-state index in [1.165, 1.54) is 0 Å². The van der Waals surface area contributed by atoms with Crippen LogP contribution >= 0.6 is 0 Å². The standard InChI is InChI=1S/C20H25N3O2/c21-15-19-5-3-17(4-6-19)1-2-18-7-9-23(10-8-18)20(24)16-22-11-13-25-14-12-22/h1-6,18H,7-14,16H2/b2-1+. The fraction of sp³-hybridized carbons (Fsp3) is 0.500. The van der Waals surface area contributed by atoms with Gasteiger partial charge in [0, 0.05) is 26.2 Å². The quantitative estimate of drug-likeness (QED) is 0.843. The lowest BCUT2D eigenvalue weighted by Crippen LogP contribution is -2.46. The Morgan fingerprint density at radius 3 is 2.48 bits per heavy atom. The van der Waals surface area contributed by atoms with E-state index in [1.54, 1.807) is 0 Å². The molecule has 0 saturated carbocycles. The van der Waals surface area contributed by atoms with Gasteiger partial charge in [-0.2, -0.15) is 5.26 Å². The second-order valence-corrected chi connectivity index (χ2v) is 6.70. The highest BCUT2D eigenvalue weighted by Crippen LogP contribution is 2.20. The molecule has 2 aliphatic heterocycles. The van der Waals surface area contributed by atoms with E-state index in [4.69, 9.17) is 10.00 Å². The third-order valence-corrected chi connectivity index (χ3v) is 4.96. The van der Waals surface area contributed by atoms with Crippen molar-refractivity contribution < 1.29 is 9.53 Å². The first-order valence-corrected chi connectivity index (χ1v) is 9.01. The Balaban J connectivity index is 1.43. The summed E-state index contributed by atoms with van der Waals surface area (Å²) >= 11 is 0. The molecule has 3 rings (SSSR count). The maximum absolute atomic E-state index is 12.4. The summed E-state index contributed by atoms with van der Waals surface area (Å²) < 4.78 is 5.33. The van der Waals surface area contributed by atoms with Crippen LogP contribution in [0.15, 0.2) is 30.3 Å². The Morgan fingerprint density at radius 1 is 1.16 bits per heavy atom. The highest BCUT2D eigenvalue weighted by molar-refractivity contribution is 5.78. The van der Waals surface area contributed by atoms with Gasteiger partial charge in [0.1, 0.15) is 0 Å². The average Bonchev–Trinajstić information content (AvgIpc) is 2.68. The molecular weight excluding hydrogens is 314 g/mol. The van der Waals surface area contributed by atoms with Crippen LogP contribution in [0.5, 0.6) is 0 Å². The zero-order valence-electron chi connectivity index (χ0n) is 14.6. The van der Waals surface area contributed by atoms with Crippen molar-refractivity contribution in [1.29, 1.82) is 5.26 Å². The first-order valence-electron chi connectivity index (χ1n) is 9.01. The number of morpholine rings is 1. The highest BCUT2D eigenvalue weighted by Gasteiger charge is 2.23. The molecule has 5 heteroatoms. The zero-order chi connectivity index (χ0) is 17.5. The van der Waals surface area contributed by atoms with Crippen molar-refractivity contribution in [1.82, 2.24) is 9.80 Å². The number of carbonyl (C=O) groups excluding carboxylic acids is 1. The second-order valence-electron chi connectivity index (χ2n) is 6.70. The van der Waals surface area contributed by atoms with Crippen molar-refractivity contribution in [2.75, 3.05) is 45.9 Å². The molecular formula is C20H25N3O2. The van der Waals surface area contributed by atoms with Crippen LogP contribution in [-0.4, -0.2) is 61.6 Å². The smallest absolute Gasteiger partial charge is 0.236 e. The second kappa shape index (κ2) is 8.80. The number of rotatable bonds is 4. The van der Waals surface area contributed by atoms with Crippen molar-refractivity contribution in [2.24, 2.45) is 5.92 Å². The summed E-state index contributed by atoms with van der Waals surface area (Å²) in [5, 5.41) is 8.83. The van der Waals surface area contributed by atoms with Crippen LogP contribution in [0, 0.1) is 17.2 Å². The predicted molar refractivity (Wildman–Crippen MR) is 96.8 cm³/mol. The number of amides is 1. The third-order valence-electron chi connectivity index (χ3n) is 4.96. The molecule has 0 aromatic heterocycles. The summed E-state index contributed by atoms with van der Waals surface area (Å²) in [5.74, 6) is 0.763. The van der Waals surface area contributed by atoms with Crippen LogP contribution in [0.25, 0.3) is 6.08 Å². The van der Waals surface area contributed by atoms with Gasteiger partial charge >= 0.3 is 0 Å². The minimum atomic E-state index is 0.247. The largest absolute Gasteiger partial charge is 0.379 e. The van der Waals surface area contributed by atoms with Crippen LogP contribution < -0.4 is 0 Å². The van der Waals surface area contributed by atoms with Crippen molar-refractivity contribution in [2.45, 2.75) is 12.8 Å². The van der Waals surface area contributed by atoms with Crippen LogP contribution in [0.4, 0.5) is 0 Å². The minimum absolute atomic E-state index is 0.247. The maximum atomic E-state index is 12.4. The van der Waals surface area contributed by atoms with Gasteiger partial charge in [0.05, 0.1) is 31.4 Å². The van der Waals surface area contributed by atoms with Gasteiger partial charge < -0.3 is 9.64 Å². The number of hydrogen-bond acceptors (Lipinski definition) is 4. The normalized spacial score (nSPS) is 19.9. The lowest BCUT2D eigenvalue weighted by molar-refractivity contribution is -0.134. The molecule has 0 atom stereocenters. The molecule has 132 valence electrons. The molecule has 2 heterocycles. The summed E-state index contributed by atoms with van der Waals surface area (Å²) in [5.41, 5.74) is 1.80. The molecule has 0 radical (unpaired) electrons. The van der Waals surface area contributed by atoms with Crippen LogP contribution in [0.2, 0.25) is 0 Å². The number of allylic oxidation sites excluding steroid dienone is 1. The first-order chi connectivity index (χ1) is 12.2. The minimum Gasteiger partial charge on any atom is -0.379 e. The van der Waals surface area contributed by atoms with Gasteiger partial charge in [-0.25, -0.2) is 0 Å². The van der Waals surface area contributed by atoms with E-state index in [9.17, 15) is 4.79 Å². The van der Waals surface area contributed by atoms with Gasteiger partial charge in [-0.05, 0) is 36.5 Å². The first kappa shape index (κ1) is 17.7. The summed E-state index contributed by atoms with van der Waals surface area (Å²) in [6.07, 6.45) is 6.39. The van der Waals surface area contributed by atoms with Crippen molar-refractivity contribution in [3.8, 4) is 6.07 Å². The number of piperidine rings is 1. The molecule has 1 aromatic carbocycles. The number of benzene rings is 1. The van der Waals surface area contributed by atoms with Gasteiger partial charge in [-0.3, -0.25) is 9.69 Å². The van der Waals surface area contributed by atoms with E-state index < -0.39 is 0 Å². The summed E-state index contributed by atoms with van der Waals surface area (Å²) in [4.78, 5) is 16.6. The van der Waals surface area contributed by atoms with Crippen molar-refractivity contribution in [3.05, 3.63) is 41.5 Å². The Bertz CT molecular complexity index is 634. The lowest BCUT2D eigenvalue weighted by Gasteiger charge is -2.33. The van der Waals surface area contributed by atoms with E-state index >= 15 is 0 Å². The number of hydrogen-bond donors (Lipinski definition) is 0. The van der Waals surface area contributed by atoms with Gasteiger partial charge in [-0.1, -0.05) is 24.3 Å². The summed E-state index contributed by atoms with van der Waals surface area (Å²) in [7, 11) is 0. The molecule has 0 spiro atoms. The lowest BCUT2D eigenvalue weighted by atomic mass is 9.95. The molecule has 0 N–H and O–H groups in total. The summed E-state index contributed by atoms with van der Waals surface area (Å²) in [6, 6.07) is 9.75. The van der Waals surface area contributed by atoms with E-state index in [0.717, 1.165) is 57.8 Å². The molecule has 0 unspecified atom stereocenters. The monoisotopic (exact) mass is 339 g/mol. The average molecular weight is 339 g/mol. The van der Waals surface area contributed by atoms with Crippen molar-refractivity contribution in [3.63, 3.8) is 0 Å². The fourth-order valence-corrected chi connectivity index (χ4v) is 3.31. The van der Waals surface area contributed by atoms with E-state index in [0.29, 0.717) is 18.0 Å². The Hall–Kier alpha value is -2.16. The highest BCUT2D eigenvalue weighted by atomic mass is 16.5. The van der Waals surface area contributed by atoms with Crippen LogP contribution in [0.1, 0.15) is 24.0 Å². The molecule has 0 aliphatic carbocycles. The Labute approximate surface area is 149 Å². The molecule has 25 heavy (non-hydrogen) atoms. The number of ether oxygens (including phenoxy) is 1. The number of carbonyl (C=O) groups is 1. The number of nitriles is 1. The van der Waals surface area contributed by atoms with Crippen LogP contribution in [-0.2, 0) is 9.53 Å². The topological polar surface area (TPSA) is 56.6 Å².